The fourth-order valence-corrected chi connectivity index (χ4v) is 5.18. The molecule has 3 aromatic heterocycles. The predicted molar refractivity (Wildman–Crippen MR) is 158 cm³/mol. The molecule has 0 saturated carbocycles. The van der Waals surface area contributed by atoms with Crippen LogP contribution in [-0.4, -0.2) is 14.1 Å². The first-order valence-electron chi connectivity index (χ1n) is 14.4. The molecule has 0 atom stereocenters. The van der Waals surface area contributed by atoms with Gasteiger partial charge in [0.2, 0.25) is 6.33 Å². The minimum absolute atomic E-state index is 0. The van der Waals surface area contributed by atoms with E-state index in [1.807, 2.05) is 66.9 Å². The first-order valence-corrected chi connectivity index (χ1v) is 13.2. The number of rotatable bonds is 4. The van der Waals surface area contributed by atoms with Crippen LogP contribution in [0.3, 0.4) is 0 Å². The molecule has 5 nitrogen and oxygen atoms in total. The molecule has 41 heavy (non-hydrogen) atoms. The molecule has 0 radical (unpaired) electrons. The fraction of sp³-hybridized carbons (Fsp3) is 0.143. The molecule has 0 saturated heterocycles. The van der Waals surface area contributed by atoms with Gasteiger partial charge in [-0.05, 0) is 34.6 Å². The normalized spacial score (nSPS) is 12.5. The van der Waals surface area contributed by atoms with E-state index in [0.717, 1.165) is 38.7 Å². The second kappa shape index (κ2) is 10.3. The molecule has 4 aromatic carbocycles. The molecule has 0 amide bonds. The molecule has 0 aliphatic heterocycles. The second-order valence-corrected chi connectivity index (χ2v) is 10.9. The van der Waals surface area contributed by atoms with Gasteiger partial charge in [-0.1, -0.05) is 74.4 Å². The summed E-state index contributed by atoms with van der Waals surface area (Å²) in [5, 5.41) is 2.19. The maximum absolute atomic E-state index is 7.93. The van der Waals surface area contributed by atoms with Crippen molar-refractivity contribution in [3.63, 3.8) is 0 Å². The molecule has 6 heteroatoms. The van der Waals surface area contributed by atoms with Gasteiger partial charge in [0.1, 0.15) is 5.82 Å². The Labute approximate surface area is 256 Å². The molecule has 0 N–H and O–H groups in total. The zero-order chi connectivity index (χ0) is 29.0. The average molecular weight is 718 g/mol. The van der Waals surface area contributed by atoms with Gasteiger partial charge >= 0.3 is 0 Å². The van der Waals surface area contributed by atoms with E-state index in [2.05, 4.69) is 74.1 Å². The molecular weight excluding hydrogens is 687 g/mol. The summed E-state index contributed by atoms with van der Waals surface area (Å²) < 4.78 is 27.6. The monoisotopic (exact) mass is 717 g/mol. The van der Waals surface area contributed by atoms with Crippen molar-refractivity contribution in [1.29, 1.82) is 0 Å². The van der Waals surface area contributed by atoms with Gasteiger partial charge in [-0.2, -0.15) is 18.2 Å². The van der Waals surface area contributed by atoms with E-state index in [1.54, 1.807) is 4.57 Å². The zero-order valence-corrected chi connectivity index (χ0v) is 25.1. The van der Waals surface area contributed by atoms with E-state index < -0.39 is 7.00 Å². The molecule has 0 fully saturated rings. The third kappa shape index (κ3) is 4.75. The summed E-state index contributed by atoms with van der Waals surface area (Å²) in [7, 11) is 0. The van der Waals surface area contributed by atoms with Gasteiger partial charge in [0.25, 0.3) is 0 Å². The van der Waals surface area contributed by atoms with Gasteiger partial charge in [-0.25, -0.2) is 4.98 Å². The second-order valence-electron chi connectivity index (χ2n) is 10.9. The van der Waals surface area contributed by atoms with Crippen molar-refractivity contribution in [3.05, 3.63) is 121 Å². The summed E-state index contributed by atoms with van der Waals surface area (Å²) in [6.45, 7) is 5.38. The van der Waals surface area contributed by atoms with Gasteiger partial charge < -0.3 is 18.4 Å². The van der Waals surface area contributed by atoms with Crippen LogP contribution in [0.5, 0.6) is 11.5 Å². The molecular formula is C35H28N4OPt-2. The molecule has 7 rings (SSSR count). The maximum Gasteiger partial charge on any atom is 0.242 e. The number of aromatic nitrogens is 4. The number of para-hydroxylation sites is 3. The number of benzene rings is 4. The summed E-state index contributed by atoms with van der Waals surface area (Å²) in [6.07, 6.45) is 5.00. The van der Waals surface area contributed by atoms with E-state index in [-0.39, 0.29) is 26.5 Å². The van der Waals surface area contributed by atoms with Crippen LogP contribution in [0, 0.1) is 18.5 Å². The number of nitrogens with zero attached hydrogens (tertiary/aromatic N) is 4. The van der Waals surface area contributed by atoms with E-state index in [9.17, 15) is 0 Å². The van der Waals surface area contributed by atoms with Crippen LogP contribution in [0.25, 0.3) is 44.3 Å². The predicted octanol–water partition coefficient (Wildman–Crippen LogP) is 7.43. The Morgan fingerprint density at radius 3 is 2.44 bits per heavy atom. The molecule has 7 aromatic rings. The first kappa shape index (κ1) is 24.6. The van der Waals surface area contributed by atoms with Gasteiger partial charge in [0.05, 0.1) is 20.8 Å². The standard InChI is InChI=1S/C35H28N4O.Pt/c1-35(2,3)24-18-19-36-34(20-24)39-30-13-6-5-12-28(30)29-17-16-27(22-33(29)39)40-26-11-9-10-25(21-26)38-23-37(4)31-14-7-8-15-32(31)38;/h5-20H,1-4H3;/q-2;/i4D2;. The topological polar surface area (TPSA) is 35.9 Å². The molecule has 0 aliphatic carbocycles. The van der Waals surface area contributed by atoms with Gasteiger partial charge in [0, 0.05) is 44.3 Å². The summed E-state index contributed by atoms with van der Waals surface area (Å²) >= 11 is 0. The quantitative estimate of drug-likeness (QED) is 0.140. The van der Waals surface area contributed by atoms with Crippen molar-refractivity contribution in [3.8, 4) is 23.0 Å². The number of ether oxygens (including phenoxy) is 1. The van der Waals surface area contributed by atoms with Crippen molar-refractivity contribution in [2.75, 3.05) is 0 Å². The number of hydrogen-bond donors (Lipinski definition) is 0. The van der Waals surface area contributed by atoms with Crippen molar-refractivity contribution in [2.45, 2.75) is 26.2 Å². The smallest absolute Gasteiger partial charge is 0.242 e. The summed E-state index contributed by atoms with van der Waals surface area (Å²) in [5.41, 5.74) is 5.40. The van der Waals surface area contributed by atoms with Crippen molar-refractivity contribution < 1.29 is 33.1 Å². The molecule has 0 bridgehead atoms. The molecule has 206 valence electrons. The van der Waals surface area contributed by atoms with Crippen molar-refractivity contribution in [2.24, 2.45) is 7.00 Å². The van der Waals surface area contributed by atoms with E-state index in [1.165, 1.54) is 10.1 Å². The average Bonchev–Trinajstić information content (AvgIpc) is 3.53. The first-order chi connectivity index (χ1) is 20.3. The third-order valence-electron chi connectivity index (χ3n) is 7.20. The Morgan fingerprint density at radius 2 is 1.61 bits per heavy atom. The number of imidazole rings is 1. The van der Waals surface area contributed by atoms with Gasteiger partial charge in [-0.15, -0.1) is 29.7 Å². The molecule has 0 aliphatic rings. The summed E-state index contributed by atoms with van der Waals surface area (Å²) in [6, 6.07) is 36.7. The largest absolute Gasteiger partial charge is 0.510 e. The van der Waals surface area contributed by atoms with E-state index >= 15 is 0 Å². The number of aryl methyl sites for hydroxylation is 1. The Kier molecular flexibility index (Phi) is 6.18. The Bertz CT molecular complexity index is 2110. The van der Waals surface area contributed by atoms with Crippen molar-refractivity contribution >= 4 is 32.8 Å². The van der Waals surface area contributed by atoms with E-state index in [4.69, 9.17) is 12.5 Å². The molecule has 3 heterocycles. The van der Waals surface area contributed by atoms with E-state index in [0.29, 0.717) is 17.2 Å². The van der Waals surface area contributed by atoms with Crippen LogP contribution in [0.1, 0.15) is 29.1 Å². The maximum atomic E-state index is 7.93. The fourth-order valence-electron chi connectivity index (χ4n) is 5.18. The van der Waals surface area contributed by atoms with Crippen LogP contribution in [0.15, 0.2) is 97.2 Å². The number of hydrogen-bond acceptors (Lipinski definition) is 2. The van der Waals surface area contributed by atoms with Crippen LogP contribution in [-0.2, 0) is 33.5 Å². The van der Waals surface area contributed by atoms with Gasteiger partial charge in [-0.3, -0.25) is 0 Å². The third-order valence-corrected chi connectivity index (χ3v) is 7.20. The minimum atomic E-state index is -1.22. The molecule has 0 unspecified atom stereocenters. The van der Waals surface area contributed by atoms with Crippen LogP contribution in [0.2, 0.25) is 0 Å². The van der Waals surface area contributed by atoms with Crippen molar-refractivity contribution in [1.82, 2.24) is 14.1 Å². The number of fused-ring (bicyclic) bond motifs is 4. The SMILES string of the molecule is [2H]C([2H])[n+]1[c-]n(-c2[c-]c(Oc3[c-]c4c(cc3)c3ccccc3n4-c3cc(C(C)(C)C)ccn3)ccc2)c2ccccc21.[Pt]. The van der Waals surface area contributed by atoms with Gasteiger partial charge in [0.15, 0.2) is 0 Å². The van der Waals surface area contributed by atoms with Crippen LogP contribution < -0.4 is 9.30 Å². The summed E-state index contributed by atoms with van der Waals surface area (Å²) in [4.78, 5) is 4.75. The van der Waals surface area contributed by atoms with Crippen LogP contribution in [0.4, 0.5) is 0 Å². The summed E-state index contributed by atoms with van der Waals surface area (Å²) in [5.74, 6) is 1.91. The van der Waals surface area contributed by atoms with Crippen LogP contribution >= 0.6 is 0 Å². The Balaban J connectivity index is 0.00000329. The Morgan fingerprint density at radius 1 is 0.829 bits per heavy atom. The zero-order valence-electron chi connectivity index (χ0n) is 24.8. The minimum Gasteiger partial charge on any atom is -0.510 e. The molecule has 0 spiro atoms. The number of pyridine rings is 1. The Hall–Kier alpha value is -4.21.